The van der Waals surface area contributed by atoms with Gasteiger partial charge < -0.3 is 0 Å². The van der Waals surface area contributed by atoms with E-state index in [4.69, 9.17) is 6.85 Å². The van der Waals surface area contributed by atoms with Gasteiger partial charge in [-0.3, -0.25) is 0 Å². The Morgan fingerprint density at radius 3 is 1.67 bits per heavy atom. The first-order valence-corrected chi connectivity index (χ1v) is 3.25. The summed E-state index contributed by atoms with van der Waals surface area (Å²) in [7, 11) is 0. The van der Waals surface area contributed by atoms with Gasteiger partial charge in [0.1, 0.15) is 0 Å². The molecule has 0 aromatic rings. The van der Waals surface area contributed by atoms with Crippen LogP contribution in [0.25, 0.3) is 0 Å². The highest BCUT2D eigenvalue weighted by Crippen LogP contribution is 2.31. The van der Waals surface area contributed by atoms with Crippen LogP contribution in [0.2, 0.25) is 0 Å². The average Bonchev–Trinajstić information content (AvgIpc) is 1.81. The van der Waals surface area contributed by atoms with Gasteiger partial charge in [-0.05, 0) is 17.2 Å². The maximum Gasteiger partial charge on any atom is 0.0277 e. The quantitative estimate of drug-likeness (QED) is 0.474. The van der Waals surface area contributed by atoms with Gasteiger partial charge >= 0.3 is 0 Å². The molecule has 0 heterocycles. The monoisotopic (exact) mass is 133 g/mol. The van der Waals surface area contributed by atoms with E-state index in [1.54, 1.807) is 20.8 Å². The third kappa shape index (κ3) is 8.00. The van der Waals surface area contributed by atoms with E-state index in [9.17, 15) is 0 Å². The molecule has 0 spiro atoms. The van der Waals surface area contributed by atoms with Gasteiger partial charge in [0.2, 0.25) is 0 Å². The standard InChI is InChI=1S/C9H20/c1-8(2,3)7-9(4,5)6/h7H2,1-6H3/i1D3,7D2. The Morgan fingerprint density at radius 1 is 1.11 bits per heavy atom. The smallest absolute Gasteiger partial charge is 0.0277 e. The zero-order valence-electron chi connectivity index (χ0n) is 12.0. The molecule has 0 fully saturated rings. The summed E-state index contributed by atoms with van der Waals surface area (Å²) in [6.07, 6.45) is -1.74. The van der Waals surface area contributed by atoms with Gasteiger partial charge in [-0.1, -0.05) is 41.5 Å². The molecule has 0 bridgehead atoms. The first kappa shape index (κ1) is 3.41. The average molecular weight is 133 g/mol. The zero-order valence-corrected chi connectivity index (χ0v) is 7.00. The minimum atomic E-state index is -2.29. The van der Waals surface area contributed by atoms with E-state index in [1.165, 1.54) is 13.8 Å². The SMILES string of the molecule is [2H]C([2H])([2H])C(C)(C)C([2H])([2H])C(C)(C)C. The van der Waals surface area contributed by atoms with E-state index >= 15 is 0 Å². The van der Waals surface area contributed by atoms with Crippen LogP contribution in [-0.2, 0) is 0 Å². The molecule has 0 unspecified atom stereocenters. The fourth-order valence-corrected chi connectivity index (χ4v) is 0.938. The second-order valence-corrected chi connectivity index (χ2v) is 4.00. The molecule has 0 heteroatoms. The third-order valence-electron chi connectivity index (χ3n) is 0.688. The van der Waals surface area contributed by atoms with Crippen molar-refractivity contribution in [2.24, 2.45) is 10.8 Å². The summed E-state index contributed by atoms with van der Waals surface area (Å²) in [6, 6.07) is 0. The minimum absolute atomic E-state index is 0.690. The van der Waals surface area contributed by atoms with Crippen molar-refractivity contribution in [1.29, 1.82) is 0 Å². The van der Waals surface area contributed by atoms with Crippen molar-refractivity contribution in [3.05, 3.63) is 0 Å². The molecule has 0 aliphatic rings. The molecule has 0 amide bonds. The Hall–Kier alpha value is 0. The second-order valence-electron chi connectivity index (χ2n) is 4.00. The summed E-state index contributed by atoms with van der Waals surface area (Å²) in [4.78, 5) is 0. The highest BCUT2D eigenvalue weighted by atomic mass is 14.3. The van der Waals surface area contributed by atoms with E-state index < -0.39 is 24.1 Å². The predicted molar refractivity (Wildman–Crippen MR) is 43.5 cm³/mol. The van der Waals surface area contributed by atoms with E-state index in [2.05, 4.69) is 0 Å². The van der Waals surface area contributed by atoms with Crippen molar-refractivity contribution in [3.63, 3.8) is 0 Å². The van der Waals surface area contributed by atoms with Crippen LogP contribution in [0.4, 0.5) is 0 Å². The molecule has 0 nitrogen and oxygen atoms in total. The van der Waals surface area contributed by atoms with E-state index in [0.717, 1.165) is 0 Å². The molecule has 9 heavy (non-hydrogen) atoms. The van der Waals surface area contributed by atoms with Gasteiger partial charge in [-0.2, -0.15) is 0 Å². The lowest BCUT2D eigenvalue weighted by Gasteiger charge is -2.28. The van der Waals surface area contributed by atoms with Gasteiger partial charge in [0.25, 0.3) is 0 Å². The van der Waals surface area contributed by atoms with Crippen molar-refractivity contribution in [1.82, 2.24) is 0 Å². The first-order valence-electron chi connectivity index (χ1n) is 5.75. The summed E-state index contributed by atoms with van der Waals surface area (Å²) < 4.78 is 38.0. The molecule has 0 atom stereocenters. The highest BCUT2D eigenvalue weighted by Gasteiger charge is 2.19. The van der Waals surface area contributed by atoms with Crippen LogP contribution >= 0.6 is 0 Å². The maximum atomic E-state index is 7.94. The normalized spacial score (nSPS) is 25.2. The fourth-order valence-electron chi connectivity index (χ4n) is 0.938. The van der Waals surface area contributed by atoms with Gasteiger partial charge in [0.05, 0.1) is 0 Å². The number of hydrogen-bond acceptors (Lipinski definition) is 0. The molecule has 0 aliphatic carbocycles. The Morgan fingerprint density at radius 2 is 1.56 bits per heavy atom. The molecule has 0 aromatic carbocycles. The zero-order chi connectivity index (χ0) is 12.0. The summed E-state index contributed by atoms with van der Waals surface area (Å²) in [5.41, 5.74) is -2.04. The molecule has 0 saturated heterocycles. The molecule has 0 rings (SSSR count). The Labute approximate surface area is 66.7 Å². The Balaban J connectivity index is 5.30. The molecule has 0 aromatic heterocycles. The van der Waals surface area contributed by atoms with Crippen LogP contribution in [0.15, 0.2) is 0 Å². The van der Waals surface area contributed by atoms with E-state index in [1.807, 2.05) is 0 Å². The van der Waals surface area contributed by atoms with Crippen molar-refractivity contribution in [2.45, 2.75) is 47.8 Å². The Kier molecular flexibility index (Phi) is 0.878. The van der Waals surface area contributed by atoms with E-state index in [-0.39, 0.29) is 0 Å². The summed E-state index contributed by atoms with van der Waals surface area (Å²) in [6.45, 7) is 5.81. The summed E-state index contributed by atoms with van der Waals surface area (Å²) >= 11 is 0. The summed E-state index contributed by atoms with van der Waals surface area (Å²) in [5.74, 6) is 0. The van der Waals surface area contributed by atoms with Gasteiger partial charge in [0, 0.05) is 6.85 Å². The van der Waals surface area contributed by atoms with Gasteiger partial charge in [-0.15, -0.1) is 0 Å². The number of rotatable bonds is 0. The molecule has 56 valence electrons. The lowest BCUT2D eigenvalue weighted by Crippen LogP contribution is -2.16. The number of hydrogen-bond donors (Lipinski definition) is 0. The summed E-state index contributed by atoms with van der Waals surface area (Å²) in [5, 5.41) is 0. The lowest BCUT2D eigenvalue weighted by atomic mass is 9.78. The van der Waals surface area contributed by atoms with E-state index in [0.29, 0.717) is 0 Å². The molecular weight excluding hydrogens is 108 g/mol. The lowest BCUT2D eigenvalue weighted by molar-refractivity contribution is 0.233. The first-order chi connectivity index (χ1) is 5.75. The van der Waals surface area contributed by atoms with Crippen LogP contribution in [-0.4, -0.2) is 0 Å². The van der Waals surface area contributed by atoms with Gasteiger partial charge in [-0.25, -0.2) is 0 Å². The van der Waals surface area contributed by atoms with Crippen molar-refractivity contribution in [2.75, 3.05) is 0 Å². The largest absolute Gasteiger partial charge is 0.0602 e. The molecule has 0 radical (unpaired) electrons. The van der Waals surface area contributed by atoms with Crippen molar-refractivity contribution < 1.29 is 6.85 Å². The van der Waals surface area contributed by atoms with Crippen LogP contribution in [0, 0.1) is 10.8 Å². The van der Waals surface area contributed by atoms with Crippen molar-refractivity contribution >= 4 is 0 Å². The van der Waals surface area contributed by atoms with Crippen LogP contribution in [0.1, 0.15) is 54.7 Å². The van der Waals surface area contributed by atoms with Crippen LogP contribution < -0.4 is 0 Å². The van der Waals surface area contributed by atoms with Crippen molar-refractivity contribution in [3.8, 4) is 0 Å². The predicted octanol–water partition coefficient (Wildman–Crippen LogP) is 3.47. The van der Waals surface area contributed by atoms with Crippen LogP contribution in [0.3, 0.4) is 0 Å². The third-order valence-corrected chi connectivity index (χ3v) is 0.688. The second kappa shape index (κ2) is 2.32. The molecule has 0 aliphatic heterocycles. The molecule has 0 N–H and O–H groups in total. The topological polar surface area (TPSA) is 0 Å². The maximum absolute atomic E-state index is 7.94. The highest BCUT2D eigenvalue weighted by molar-refractivity contribution is 4.71. The van der Waals surface area contributed by atoms with Crippen LogP contribution in [0.5, 0.6) is 0 Å². The minimum Gasteiger partial charge on any atom is -0.0602 e. The molecule has 0 saturated carbocycles. The Bertz CT molecular complexity index is 182. The molecular formula is C9H20. The fraction of sp³-hybridized carbons (Fsp3) is 1.00. The van der Waals surface area contributed by atoms with Gasteiger partial charge in [0.15, 0.2) is 0 Å².